The number of phosphoric ester groups is 1. The minimum absolute atomic E-state index is 0.0892. The molecule has 0 rings (SSSR count). The van der Waals surface area contributed by atoms with Gasteiger partial charge in [-0.3, -0.25) is 4.52 Å². The zero-order chi connectivity index (χ0) is 16.0. The molecule has 2 N–H and O–H groups in total. The molecule has 122 valence electrons. The predicted octanol–water partition coefficient (Wildman–Crippen LogP) is 4.78. The fourth-order valence-electron chi connectivity index (χ4n) is 1.50. The molecule has 0 bridgehead atoms. The molecule has 0 amide bonds. The van der Waals surface area contributed by atoms with Gasteiger partial charge in [-0.2, -0.15) is 0 Å². The van der Waals surface area contributed by atoms with Gasteiger partial charge in [0.2, 0.25) is 0 Å². The summed E-state index contributed by atoms with van der Waals surface area (Å²) in [5.74, 6) is 0. The molecule has 0 radical (unpaired) electrons. The Morgan fingerprint density at radius 3 is 1.85 bits per heavy atom. The van der Waals surface area contributed by atoms with E-state index in [1.807, 2.05) is 0 Å². The van der Waals surface area contributed by atoms with Crippen LogP contribution in [0.4, 0.5) is 0 Å². The van der Waals surface area contributed by atoms with Gasteiger partial charge in [0.25, 0.3) is 0 Å². The minimum Gasteiger partial charge on any atom is -0.303 e. The van der Waals surface area contributed by atoms with Crippen molar-refractivity contribution < 1.29 is 18.9 Å². The molecular weight excluding hydrogens is 594 g/mol. The maximum atomic E-state index is 10.8. The number of rotatable bonds is 10. The molecule has 0 aromatic carbocycles. The number of alkyl halides is 6. The van der Waals surface area contributed by atoms with E-state index in [-0.39, 0.29) is 16.3 Å². The van der Waals surface area contributed by atoms with Gasteiger partial charge in [0.05, 0.1) is 16.9 Å². The third-order valence-corrected chi connectivity index (χ3v) is 8.72. The van der Waals surface area contributed by atoms with Gasteiger partial charge in [-0.15, -0.1) is 23.2 Å². The summed E-state index contributed by atoms with van der Waals surface area (Å²) < 4.78 is 15.2. The highest BCUT2D eigenvalue weighted by atomic mass is 79.9. The van der Waals surface area contributed by atoms with Crippen LogP contribution in [-0.2, 0) is 9.09 Å². The average molecular weight is 609 g/mol. The Balaban J connectivity index is 4.84. The van der Waals surface area contributed by atoms with E-state index in [1.54, 1.807) is 0 Å². The summed E-state index contributed by atoms with van der Waals surface area (Å²) in [6.07, 6.45) is 1.04. The number of hydrogen-bond donors (Lipinski definition) is 2. The number of phosphoric acid groups is 1. The van der Waals surface area contributed by atoms with Crippen molar-refractivity contribution in [2.45, 2.75) is 32.7 Å². The van der Waals surface area contributed by atoms with Crippen LogP contribution >= 0.6 is 94.7 Å². The van der Waals surface area contributed by atoms with Gasteiger partial charge in [0.1, 0.15) is 0 Å². The molecular formula is C9H15Br4Cl2O4P. The standard InChI is InChI=1S/C9H15Br4Cl2O4P/c10-3-6(12)1-9(15,2-7(13)4-11)8(14)5-19-20(16,17)18/h6-8H,1-5H2,(H2,16,17,18). The Labute approximate surface area is 162 Å². The van der Waals surface area contributed by atoms with Crippen LogP contribution in [0, 0.1) is 0 Å². The molecule has 4 nitrogen and oxygen atoms in total. The first-order chi connectivity index (χ1) is 9.04. The quantitative estimate of drug-likeness (QED) is 0.277. The van der Waals surface area contributed by atoms with E-state index < -0.39 is 18.1 Å². The van der Waals surface area contributed by atoms with Crippen molar-refractivity contribution in [3.05, 3.63) is 0 Å². The second-order valence-electron chi connectivity index (χ2n) is 4.20. The lowest BCUT2D eigenvalue weighted by molar-refractivity contribution is 0.187. The highest BCUT2D eigenvalue weighted by molar-refractivity contribution is 9.12. The van der Waals surface area contributed by atoms with E-state index in [0.29, 0.717) is 23.5 Å². The fraction of sp³-hybridized carbons (Fsp3) is 1.00. The molecule has 20 heavy (non-hydrogen) atoms. The SMILES string of the molecule is O=P(O)(O)OCC(Cl)C(Cl)(CC(Br)CBr)CC(Br)CBr. The zero-order valence-electron chi connectivity index (χ0n) is 10.2. The Morgan fingerprint density at radius 2 is 1.55 bits per heavy atom. The van der Waals surface area contributed by atoms with Crippen LogP contribution in [0.3, 0.4) is 0 Å². The van der Waals surface area contributed by atoms with E-state index >= 15 is 0 Å². The van der Waals surface area contributed by atoms with Crippen molar-refractivity contribution in [2.24, 2.45) is 0 Å². The molecule has 0 aliphatic carbocycles. The second kappa shape index (κ2) is 10.5. The number of halogens is 6. The Morgan fingerprint density at radius 1 is 1.15 bits per heavy atom. The second-order valence-corrected chi connectivity index (χ2v) is 10.6. The maximum Gasteiger partial charge on any atom is 0.469 e. The van der Waals surface area contributed by atoms with E-state index in [0.717, 1.165) is 0 Å². The van der Waals surface area contributed by atoms with Crippen LogP contribution in [0.5, 0.6) is 0 Å². The number of hydrogen-bond acceptors (Lipinski definition) is 2. The molecule has 11 heteroatoms. The first kappa shape index (κ1) is 22.6. The van der Waals surface area contributed by atoms with Crippen LogP contribution in [0.2, 0.25) is 0 Å². The molecule has 0 saturated heterocycles. The first-order valence-corrected chi connectivity index (χ1v) is 11.9. The summed E-state index contributed by atoms with van der Waals surface area (Å²) >= 11 is 26.5. The highest BCUT2D eigenvalue weighted by Gasteiger charge is 2.40. The predicted molar refractivity (Wildman–Crippen MR) is 98.5 cm³/mol. The highest BCUT2D eigenvalue weighted by Crippen LogP contribution is 2.42. The maximum absolute atomic E-state index is 10.8. The van der Waals surface area contributed by atoms with Crippen LogP contribution in [0.1, 0.15) is 12.8 Å². The molecule has 0 aliphatic rings. The molecule has 0 aliphatic heterocycles. The van der Waals surface area contributed by atoms with Crippen molar-refractivity contribution in [1.82, 2.24) is 0 Å². The molecule has 0 aromatic rings. The first-order valence-electron chi connectivity index (χ1n) is 5.47. The van der Waals surface area contributed by atoms with Gasteiger partial charge in [-0.05, 0) is 12.8 Å². The van der Waals surface area contributed by atoms with E-state index in [1.165, 1.54) is 0 Å². The summed E-state index contributed by atoms with van der Waals surface area (Å²) in [7, 11) is -4.56. The molecule has 0 fully saturated rings. The summed E-state index contributed by atoms with van der Waals surface area (Å²) in [5, 5.41) is 0.632. The van der Waals surface area contributed by atoms with Gasteiger partial charge in [0, 0.05) is 20.3 Å². The van der Waals surface area contributed by atoms with Gasteiger partial charge >= 0.3 is 7.82 Å². The fourth-order valence-corrected chi connectivity index (χ4v) is 4.59. The lowest BCUT2D eigenvalue weighted by Gasteiger charge is -2.34. The van der Waals surface area contributed by atoms with Crippen molar-refractivity contribution >= 4 is 94.7 Å². The largest absolute Gasteiger partial charge is 0.469 e. The van der Waals surface area contributed by atoms with Crippen LogP contribution in [0.25, 0.3) is 0 Å². The summed E-state index contributed by atoms with van der Waals surface area (Å²) in [6.45, 7) is -0.320. The van der Waals surface area contributed by atoms with Gasteiger partial charge in [-0.25, -0.2) is 4.57 Å². The molecule has 0 heterocycles. The zero-order valence-corrected chi connectivity index (χ0v) is 18.9. The molecule has 0 saturated carbocycles. The minimum atomic E-state index is -4.56. The Kier molecular flexibility index (Phi) is 11.8. The Bertz CT molecular complexity index is 321. The van der Waals surface area contributed by atoms with E-state index in [9.17, 15) is 4.57 Å². The monoisotopic (exact) mass is 604 g/mol. The topological polar surface area (TPSA) is 66.8 Å². The Hall–Kier alpha value is 2.61. The summed E-state index contributed by atoms with van der Waals surface area (Å²) in [5.41, 5.74) is 0. The van der Waals surface area contributed by atoms with Crippen LogP contribution in [0.15, 0.2) is 0 Å². The third kappa shape index (κ3) is 9.68. The molecule has 0 spiro atoms. The lowest BCUT2D eigenvalue weighted by Crippen LogP contribution is -2.41. The molecule has 0 aromatic heterocycles. The smallest absolute Gasteiger partial charge is 0.303 e. The van der Waals surface area contributed by atoms with Crippen LogP contribution in [-0.4, -0.2) is 47.0 Å². The lowest BCUT2D eigenvalue weighted by atomic mass is 9.93. The van der Waals surface area contributed by atoms with Crippen molar-refractivity contribution in [3.8, 4) is 0 Å². The molecule has 3 atom stereocenters. The van der Waals surface area contributed by atoms with Gasteiger partial charge < -0.3 is 9.79 Å². The average Bonchev–Trinajstić information content (AvgIpc) is 2.34. The third-order valence-electron chi connectivity index (χ3n) is 2.41. The van der Waals surface area contributed by atoms with Crippen molar-refractivity contribution in [2.75, 3.05) is 17.3 Å². The van der Waals surface area contributed by atoms with Crippen molar-refractivity contribution in [3.63, 3.8) is 0 Å². The summed E-state index contributed by atoms with van der Waals surface area (Å²) in [4.78, 5) is 16.8. The van der Waals surface area contributed by atoms with Crippen LogP contribution < -0.4 is 0 Å². The summed E-state index contributed by atoms with van der Waals surface area (Å²) in [6, 6.07) is 0. The van der Waals surface area contributed by atoms with Gasteiger partial charge in [-0.1, -0.05) is 63.7 Å². The van der Waals surface area contributed by atoms with Gasteiger partial charge in [0.15, 0.2) is 0 Å². The van der Waals surface area contributed by atoms with Crippen molar-refractivity contribution in [1.29, 1.82) is 0 Å². The van der Waals surface area contributed by atoms with E-state index in [2.05, 4.69) is 68.2 Å². The molecule has 3 unspecified atom stereocenters. The van der Waals surface area contributed by atoms with E-state index in [4.69, 9.17) is 33.0 Å². The normalized spacial score (nSPS) is 20.2.